The molecule has 0 radical (unpaired) electrons. The summed E-state index contributed by atoms with van der Waals surface area (Å²) in [6, 6.07) is 87.5. The number of aliphatic hydroxyl groups is 3. The molecule has 5 saturated carbocycles. The number of nitrogens with zero attached hydrogens (tertiary/aromatic N) is 4. The molecule has 1 heterocycles. The molecule has 12 aromatic carbocycles. The lowest BCUT2D eigenvalue weighted by molar-refractivity contribution is 0.0175. The maximum absolute atomic E-state index is 13.8. The SMILES string of the molecule is BrCC1CO1.COc1ccccc1C(=O)Cl.COc1ccccc1C(=O)NCC1(c2cccc(F)c2)CC(N)C1.COc1ccccc1C(=O)NCC1(c2cccc(F)c2)CC(O)C1.COc1ccccc1C(=O)NCC1(c2cccc(F)c2)CC(OS(C)(=O)=O)C1.N#CC1(c2cccc(F)c2)CC(O)C1.N#CCc1cccc(F)c1.N#CN=C(Oc1ccccc1)Oc1ccccc1.NCC1(c2cccc(F)c2)CC(O)C1. The summed E-state index contributed by atoms with van der Waals surface area (Å²) in [5, 5.41) is 63.3. The number of carbonyl (C=O) groups excluding carboxylic acids is 4. The molecule has 35 heteroatoms. The second-order valence-electron chi connectivity index (χ2n) is 35.8. The van der Waals surface area contributed by atoms with Crippen LogP contribution in [-0.2, 0) is 52.5 Å². The number of hydrogen-bond acceptors (Lipinski definition) is 23. The summed E-state index contributed by atoms with van der Waals surface area (Å²) >= 11 is 8.52. The van der Waals surface area contributed by atoms with Gasteiger partial charge in [0, 0.05) is 59.2 Å². The second kappa shape index (κ2) is 56.0. The molecule has 18 rings (SSSR count). The average Bonchev–Trinajstić information content (AvgIpc) is 1.05. The predicted molar refractivity (Wildman–Crippen MR) is 553 cm³/mol. The molecule has 1 saturated heterocycles. The highest BCUT2D eigenvalue weighted by atomic mass is 79.9. The molecule has 0 bridgehead atoms. The number of carbonyl (C=O) groups is 4. The Bertz CT molecular complexity index is 6510. The van der Waals surface area contributed by atoms with Gasteiger partial charge >= 0.3 is 6.08 Å². The standard InChI is InChI=1S/C20H22FNO5S.C19H21FN2O2.C19H20FNO3.C14H10N2O2.C11H14FNO.C11H10FNO.C8H7ClO2.C8H6FN.C3H5BrO/c1-26-18-9-4-3-8-17(18)19(23)22-13-20(14-6-5-7-15(21)10-14)11-16(12-20)27-28(2,24)25;1-24-17-8-3-2-7-16(17)18(23)22-12-19(10-15(21)11-19)13-5-4-6-14(20)9-13;1-24-17-8-3-2-7-16(17)18(23)21-12-19(10-15(22)11-19)13-5-4-6-14(20)9-13;15-11-16-14(17-12-7-3-1-4-8-12)18-13-9-5-2-6-10-13;2*12-9-3-1-2-8(4-9)11(7-13)5-10(14)6-11;1-11-7-5-3-2-4-6(7)8(9)10;9-8-3-1-2-7(6-8)4-5-10;4-1-3-2-5-3/h3-10,16H,11-13H2,1-2H3,(H,22,23);2-9,15H,10-12,21H2,1H3,(H,22,23);2-9,15,22H,10-12H2,1H3,(H,21,23);1-10H;1-4,10,14H,5-7,13H2;1-4,10,14H,5-6H2;2-5H,1H3;1-3,6H,4H2;3H,1-2H2. The summed E-state index contributed by atoms with van der Waals surface area (Å²) in [5.74, 6) is 0.498. The molecule has 1 atom stereocenters. The fourth-order valence-corrected chi connectivity index (χ4v) is 18.6. The smallest absolute Gasteiger partial charge is 0.410 e. The van der Waals surface area contributed by atoms with Crippen LogP contribution in [0.3, 0.4) is 0 Å². The lowest BCUT2D eigenvalue weighted by Crippen LogP contribution is -2.55. The van der Waals surface area contributed by atoms with E-state index >= 15 is 0 Å². The monoisotopic (exact) mass is 2130 g/mol. The molecule has 1 unspecified atom stereocenters. The third-order valence-electron chi connectivity index (χ3n) is 25.2. The van der Waals surface area contributed by atoms with Gasteiger partial charge in [0.1, 0.15) is 69.4 Å². The van der Waals surface area contributed by atoms with Gasteiger partial charge in [-0.25, -0.2) is 26.3 Å². The number of amides is 3. The van der Waals surface area contributed by atoms with Crippen molar-refractivity contribution < 1.29 is 107 Å². The first-order valence-electron chi connectivity index (χ1n) is 46.9. The van der Waals surface area contributed by atoms with E-state index in [9.17, 15) is 69.3 Å². The number of para-hydroxylation sites is 6. The van der Waals surface area contributed by atoms with E-state index in [2.05, 4.69) is 42.9 Å². The lowest BCUT2D eigenvalue weighted by Gasteiger charge is -2.47. The molecule has 26 nitrogen and oxygen atoms in total. The van der Waals surface area contributed by atoms with Crippen LogP contribution in [0.25, 0.3) is 0 Å². The van der Waals surface area contributed by atoms with Crippen LogP contribution >= 0.6 is 27.5 Å². The van der Waals surface area contributed by atoms with Crippen LogP contribution in [-0.4, -0.2) is 162 Å². The van der Waals surface area contributed by atoms with Gasteiger partial charge in [-0.2, -0.15) is 24.2 Å². The number of aliphatic imine (C=N–C) groups is 1. The Labute approximate surface area is 869 Å². The molecular formula is C113H115BrClF6N9O17S. The second-order valence-corrected chi connectivity index (χ2v) is 38.4. The fraction of sp³-hybridized carbons (Fsp3) is 0.292. The number of rotatable bonds is 26. The molecule has 12 aromatic rings. The third-order valence-corrected chi connectivity index (χ3v) is 26.7. The quantitative estimate of drug-likeness (QED) is 0.00365. The number of halogens is 8. The molecule has 0 aromatic heterocycles. The van der Waals surface area contributed by atoms with E-state index in [0.29, 0.717) is 145 Å². The van der Waals surface area contributed by atoms with Crippen LogP contribution < -0.4 is 55.8 Å². The van der Waals surface area contributed by atoms with E-state index in [1.165, 1.54) is 101 Å². The normalized spacial score (nSPS) is 20.8. The molecule has 5 aliphatic carbocycles. The van der Waals surface area contributed by atoms with Crippen molar-refractivity contribution in [3.05, 3.63) is 394 Å². The van der Waals surface area contributed by atoms with Crippen molar-refractivity contribution in [1.29, 1.82) is 15.8 Å². The summed E-state index contributed by atoms with van der Waals surface area (Å²) in [6.45, 7) is 2.40. The van der Waals surface area contributed by atoms with Crippen LogP contribution in [0.1, 0.15) is 139 Å². The van der Waals surface area contributed by atoms with E-state index in [0.717, 1.165) is 53.3 Å². The van der Waals surface area contributed by atoms with Gasteiger partial charge in [0.05, 0.1) is 118 Å². The summed E-state index contributed by atoms with van der Waals surface area (Å²) in [7, 11) is 2.45. The van der Waals surface area contributed by atoms with Crippen LogP contribution in [0.2, 0.25) is 0 Å². The van der Waals surface area contributed by atoms with Gasteiger partial charge in [-0.15, -0.1) is 0 Å². The Morgan fingerprint density at radius 3 is 1.06 bits per heavy atom. The van der Waals surface area contributed by atoms with Crippen molar-refractivity contribution in [3.8, 4) is 52.8 Å². The lowest BCUT2D eigenvalue weighted by atomic mass is 9.61. The number of nitrogens with one attached hydrogen (secondary N) is 3. The van der Waals surface area contributed by atoms with Crippen molar-refractivity contribution in [1.82, 2.24) is 16.0 Å². The largest absolute Gasteiger partial charge is 0.496 e. The van der Waals surface area contributed by atoms with Gasteiger partial charge in [-0.1, -0.05) is 179 Å². The zero-order valence-corrected chi connectivity index (χ0v) is 84.9. The topological polar surface area (TPSA) is 412 Å². The van der Waals surface area contributed by atoms with E-state index in [1.54, 1.807) is 176 Å². The number of epoxide rings is 1. The fourth-order valence-electron chi connectivity index (χ4n) is 17.4. The number of ether oxygens (including phenoxy) is 7. The third kappa shape index (κ3) is 33.9. The molecule has 1 aliphatic heterocycles. The van der Waals surface area contributed by atoms with Crippen molar-refractivity contribution in [2.45, 2.75) is 134 Å². The zero-order valence-electron chi connectivity index (χ0n) is 81.8. The number of aliphatic hydroxyl groups excluding tert-OH is 3. The van der Waals surface area contributed by atoms with Gasteiger partial charge in [-0.3, -0.25) is 23.4 Å². The Morgan fingerprint density at radius 2 is 0.764 bits per heavy atom. The van der Waals surface area contributed by atoms with Crippen LogP contribution in [0.4, 0.5) is 26.3 Å². The Morgan fingerprint density at radius 1 is 0.446 bits per heavy atom. The van der Waals surface area contributed by atoms with Crippen molar-refractivity contribution in [3.63, 3.8) is 0 Å². The first kappa shape index (κ1) is 116. The minimum absolute atomic E-state index is 0.0800. The van der Waals surface area contributed by atoms with E-state index < -0.39 is 49.9 Å². The highest BCUT2D eigenvalue weighted by Crippen LogP contribution is 2.49. The van der Waals surface area contributed by atoms with E-state index in [4.69, 9.17) is 76.2 Å². The maximum Gasteiger partial charge on any atom is 0.410 e. The highest BCUT2D eigenvalue weighted by Gasteiger charge is 2.50. The number of methoxy groups -OCH3 is 4. The van der Waals surface area contributed by atoms with Crippen molar-refractivity contribution in [2.24, 2.45) is 16.5 Å². The number of hydrogen-bond donors (Lipinski definition) is 8. The Kier molecular flexibility index (Phi) is 43.7. The van der Waals surface area contributed by atoms with Gasteiger partial charge in [-0.05, 0) is 255 Å². The zero-order chi connectivity index (χ0) is 107. The summed E-state index contributed by atoms with van der Waals surface area (Å²) in [4.78, 5) is 51.8. The van der Waals surface area contributed by atoms with Crippen LogP contribution in [0, 0.1) is 69.0 Å². The molecule has 148 heavy (non-hydrogen) atoms. The first-order valence-corrected chi connectivity index (χ1v) is 50.2. The first-order chi connectivity index (χ1) is 71.0. The van der Waals surface area contributed by atoms with Gasteiger partial charge < -0.3 is 75.9 Å². The van der Waals surface area contributed by atoms with E-state index in [1.807, 2.05) is 66.7 Å². The van der Waals surface area contributed by atoms with Crippen LogP contribution in [0.15, 0.2) is 308 Å². The van der Waals surface area contributed by atoms with Gasteiger partial charge in [0.25, 0.3) is 33.1 Å². The number of nitrogens with two attached hydrogens (primary N) is 2. The Balaban J connectivity index is 0.000000175. The summed E-state index contributed by atoms with van der Waals surface area (Å²) < 4.78 is 143. The molecule has 776 valence electrons. The molecule has 6 fully saturated rings. The average molecular weight is 2130 g/mol. The molecule has 10 N–H and O–H groups in total. The number of benzene rings is 12. The number of nitriles is 3. The van der Waals surface area contributed by atoms with Crippen LogP contribution in [0.5, 0.6) is 34.5 Å². The molecule has 3 amide bonds. The van der Waals surface area contributed by atoms with Crippen molar-refractivity contribution >= 4 is 66.7 Å². The minimum Gasteiger partial charge on any atom is -0.496 e. The predicted octanol–water partition coefficient (Wildman–Crippen LogP) is 18.6. The Hall–Kier alpha value is -14.3. The number of alkyl halides is 1. The summed E-state index contributed by atoms with van der Waals surface area (Å²) in [6.07, 6.45) is 7.04. The minimum atomic E-state index is -3.59. The molecule has 6 aliphatic rings. The maximum atomic E-state index is 13.8. The van der Waals surface area contributed by atoms with Gasteiger partial charge in [0.15, 0.2) is 0 Å². The highest BCUT2D eigenvalue weighted by molar-refractivity contribution is 9.09. The summed E-state index contributed by atoms with van der Waals surface area (Å²) in [5.41, 5.74) is 15.9. The van der Waals surface area contributed by atoms with Gasteiger partial charge in [0.2, 0.25) is 6.19 Å². The van der Waals surface area contributed by atoms with E-state index in [-0.39, 0.29) is 94.7 Å². The molecular weight excluding hydrogens is 2020 g/mol. The molecule has 0 spiro atoms. The van der Waals surface area contributed by atoms with Crippen molar-refractivity contribution in [2.75, 3.05) is 72.8 Å².